The first-order valence-electron chi connectivity index (χ1n) is 12.3. The highest BCUT2D eigenvalue weighted by Gasteiger charge is 2.35. The summed E-state index contributed by atoms with van der Waals surface area (Å²) in [6.07, 6.45) is 20.5. The van der Waals surface area contributed by atoms with Crippen molar-refractivity contribution in [1.29, 1.82) is 0 Å². The maximum atomic E-state index is 4.36. The highest BCUT2D eigenvalue weighted by Crippen LogP contribution is 2.47. The van der Waals surface area contributed by atoms with Gasteiger partial charge in [0.25, 0.3) is 0 Å². The molecule has 0 aliphatic carbocycles. The van der Waals surface area contributed by atoms with Gasteiger partial charge in [0.15, 0.2) is 0 Å². The number of unbranched alkanes of at least 4 members (excludes halogenated alkanes) is 9. The zero-order valence-electron chi connectivity index (χ0n) is 19.9. The van der Waals surface area contributed by atoms with E-state index in [9.17, 15) is 0 Å². The molecule has 1 aromatic carbocycles. The van der Waals surface area contributed by atoms with Crippen LogP contribution >= 0.6 is 0 Å². The molecule has 1 N–H and O–H groups in total. The summed E-state index contributed by atoms with van der Waals surface area (Å²) in [5, 5.41) is 3.27. The fourth-order valence-electron chi connectivity index (χ4n) is 4.61. The number of benzene rings is 1. The lowest BCUT2D eigenvalue weighted by Gasteiger charge is -2.46. The maximum Gasteiger partial charge on any atom is 0.0734 e. The molecule has 31 heavy (non-hydrogen) atoms. The highest BCUT2D eigenvalue weighted by molar-refractivity contribution is 5.98. The molecule has 0 saturated heterocycles. The van der Waals surface area contributed by atoms with Crippen molar-refractivity contribution in [2.75, 3.05) is 11.9 Å². The lowest BCUT2D eigenvalue weighted by Crippen LogP contribution is -2.44. The molecule has 0 bridgehead atoms. The predicted molar refractivity (Wildman–Crippen MR) is 139 cm³/mol. The normalized spacial score (nSPS) is 13.3. The van der Waals surface area contributed by atoms with Crippen LogP contribution in [0, 0.1) is 0 Å². The molecular weight excluding hydrogens is 376 g/mol. The van der Waals surface area contributed by atoms with E-state index in [2.05, 4.69) is 54.7 Å². The molecule has 2 nitrogen and oxygen atoms in total. The van der Waals surface area contributed by atoms with Gasteiger partial charge >= 0.3 is 0 Å². The third kappa shape index (κ3) is 7.16. The number of hydrogen-bond donors (Lipinski definition) is 1. The summed E-state index contributed by atoms with van der Waals surface area (Å²) < 4.78 is 0. The van der Waals surface area contributed by atoms with Gasteiger partial charge in [-0.25, -0.2) is 0 Å². The highest BCUT2D eigenvalue weighted by atomic mass is 15.2. The van der Waals surface area contributed by atoms with Crippen molar-refractivity contribution in [2.45, 2.75) is 89.5 Å². The van der Waals surface area contributed by atoms with Crippen molar-refractivity contribution in [1.82, 2.24) is 5.32 Å². The number of para-hydroxylation sites is 1. The molecule has 1 aromatic rings. The molecule has 0 amide bonds. The van der Waals surface area contributed by atoms with Crippen molar-refractivity contribution in [3.63, 3.8) is 0 Å². The molecule has 2 heteroatoms. The Kier molecular flexibility index (Phi) is 11.3. The number of nitrogens with one attached hydrogen (secondary N) is 1. The Morgan fingerprint density at radius 1 is 0.935 bits per heavy atom. The van der Waals surface area contributed by atoms with Gasteiger partial charge in [-0.1, -0.05) is 88.5 Å². The monoisotopic (exact) mass is 420 g/mol. The molecule has 1 aliphatic rings. The van der Waals surface area contributed by atoms with Crippen molar-refractivity contribution in [2.24, 2.45) is 0 Å². The average molecular weight is 421 g/mol. The van der Waals surface area contributed by atoms with E-state index in [1.54, 1.807) is 0 Å². The molecule has 0 saturated carbocycles. The smallest absolute Gasteiger partial charge is 0.0734 e. The number of anilines is 1. The van der Waals surface area contributed by atoms with Gasteiger partial charge in [-0.15, -0.1) is 13.2 Å². The van der Waals surface area contributed by atoms with Crippen LogP contribution in [0.5, 0.6) is 0 Å². The minimum atomic E-state index is 0.232. The van der Waals surface area contributed by atoms with Crippen molar-refractivity contribution in [3.8, 4) is 0 Å². The first-order valence-corrected chi connectivity index (χ1v) is 12.3. The summed E-state index contributed by atoms with van der Waals surface area (Å²) in [6, 6.07) is 6.93. The van der Waals surface area contributed by atoms with Gasteiger partial charge in [0.05, 0.1) is 11.7 Å². The third-order valence-electron chi connectivity index (χ3n) is 6.50. The molecule has 1 atom stereocenters. The van der Waals surface area contributed by atoms with E-state index < -0.39 is 0 Å². The van der Waals surface area contributed by atoms with Gasteiger partial charge in [0.1, 0.15) is 0 Å². The Labute approximate surface area is 191 Å². The summed E-state index contributed by atoms with van der Waals surface area (Å²) in [5.41, 5.74) is 6.31. The largest absolute Gasteiger partial charge is 0.390 e. The van der Waals surface area contributed by atoms with E-state index in [0.717, 1.165) is 30.7 Å². The SMILES string of the molecule is C=CCCCCCCCCCCCc1cccc2c1N(C(CCC=C)C(=C)NC)C2=C. The Hall–Kier alpha value is -2.22. The first kappa shape index (κ1) is 25.0. The van der Waals surface area contributed by atoms with Crippen LogP contribution in [-0.4, -0.2) is 13.1 Å². The van der Waals surface area contributed by atoms with Crippen LogP contribution < -0.4 is 10.2 Å². The average Bonchev–Trinajstić information content (AvgIpc) is 2.79. The number of aryl methyl sites for hydroxylation is 1. The first-order chi connectivity index (χ1) is 15.2. The Balaban J connectivity index is 1.81. The van der Waals surface area contributed by atoms with Crippen molar-refractivity contribution >= 4 is 11.4 Å². The van der Waals surface area contributed by atoms with E-state index in [1.165, 1.54) is 81.0 Å². The van der Waals surface area contributed by atoms with Gasteiger partial charge < -0.3 is 10.2 Å². The van der Waals surface area contributed by atoms with Crippen LogP contribution in [-0.2, 0) is 6.42 Å². The van der Waals surface area contributed by atoms with E-state index >= 15 is 0 Å². The fraction of sp³-hybridized carbons (Fsp3) is 0.517. The molecule has 1 heterocycles. The molecular formula is C29H44N2. The van der Waals surface area contributed by atoms with E-state index in [-0.39, 0.29) is 6.04 Å². The molecule has 0 aromatic heterocycles. The van der Waals surface area contributed by atoms with Crippen LogP contribution in [0.25, 0.3) is 5.70 Å². The molecule has 170 valence electrons. The molecule has 1 aliphatic heterocycles. The summed E-state index contributed by atoms with van der Waals surface area (Å²) >= 11 is 0. The van der Waals surface area contributed by atoms with Crippen LogP contribution in [0.15, 0.2) is 62.4 Å². The van der Waals surface area contributed by atoms with Gasteiger partial charge in [-0.3, -0.25) is 0 Å². The minimum absolute atomic E-state index is 0.232. The lowest BCUT2D eigenvalue weighted by atomic mass is 9.89. The molecule has 0 radical (unpaired) electrons. The van der Waals surface area contributed by atoms with Crippen LogP contribution in [0.4, 0.5) is 5.69 Å². The second-order valence-corrected chi connectivity index (χ2v) is 8.80. The maximum absolute atomic E-state index is 4.36. The second kappa shape index (κ2) is 14.0. The number of fused-ring (bicyclic) bond motifs is 1. The molecule has 1 unspecified atom stereocenters. The van der Waals surface area contributed by atoms with Gasteiger partial charge in [0.2, 0.25) is 0 Å². The summed E-state index contributed by atoms with van der Waals surface area (Å²) in [7, 11) is 1.96. The summed E-state index contributed by atoms with van der Waals surface area (Å²) in [5.74, 6) is 0. The van der Waals surface area contributed by atoms with Gasteiger partial charge in [0, 0.05) is 24.0 Å². The fourth-order valence-corrected chi connectivity index (χ4v) is 4.61. The number of hydrogen-bond acceptors (Lipinski definition) is 2. The number of rotatable bonds is 18. The Bertz CT molecular complexity index is 730. The summed E-state index contributed by atoms with van der Waals surface area (Å²) in [4.78, 5) is 2.40. The Morgan fingerprint density at radius 3 is 2.16 bits per heavy atom. The van der Waals surface area contributed by atoms with Crippen molar-refractivity contribution in [3.05, 3.63) is 73.5 Å². The zero-order valence-corrected chi connectivity index (χ0v) is 19.9. The van der Waals surface area contributed by atoms with E-state index in [0.29, 0.717) is 0 Å². The van der Waals surface area contributed by atoms with E-state index in [1.807, 2.05) is 19.2 Å². The van der Waals surface area contributed by atoms with Gasteiger partial charge in [-0.05, 0) is 44.1 Å². The standard InChI is InChI=1S/C29H44N2/c1-6-8-10-11-12-13-14-15-16-17-18-20-26-21-19-22-27-25(4)31(29(26)27)28(23-9-7-2)24(3)30-5/h6-7,19,21-22,28,30H,1-4,8-18,20,23H2,5H3. The molecule has 2 rings (SSSR count). The third-order valence-corrected chi connectivity index (χ3v) is 6.50. The second-order valence-electron chi connectivity index (χ2n) is 8.80. The van der Waals surface area contributed by atoms with Gasteiger partial charge in [-0.2, -0.15) is 0 Å². The minimum Gasteiger partial charge on any atom is -0.390 e. The van der Waals surface area contributed by atoms with Crippen LogP contribution in [0.2, 0.25) is 0 Å². The molecule has 0 spiro atoms. The zero-order chi connectivity index (χ0) is 22.5. The quantitative estimate of drug-likeness (QED) is 0.190. The number of likely N-dealkylation sites (N-methyl/N-ethyl adjacent to an activating group) is 1. The lowest BCUT2D eigenvalue weighted by molar-refractivity contribution is 0.559. The van der Waals surface area contributed by atoms with Crippen LogP contribution in [0.3, 0.4) is 0 Å². The Morgan fingerprint density at radius 2 is 1.55 bits per heavy atom. The van der Waals surface area contributed by atoms with Crippen molar-refractivity contribution < 1.29 is 0 Å². The number of nitrogens with zero attached hydrogens (tertiary/aromatic N) is 1. The number of allylic oxidation sites excluding steroid dienone is 2. The molecule has 0 fully saturated rings. The topological polar surface area (TPSA) is 15.3 Å². The summed E-state index contributed by atoms with van der Waals surface area (Å²) in [6.45, 7) is 16.3. The van der Waals surface area contributed by atoms with E-state index in [4.69, 9.17) is 0 Å². The predicted octanol–water partition coefficient (Wildman–Crippen LogP) is 8.17. The van der Waals surface area contributed by atoms with Crippen LogP contribution in [0.1, 0.15) is 88.2 Å².